The number of nitrogens with one attached hydrogen (secondary N) is 1. The number of aromatic nitrogens is 2. The summed E-state index contributed by atoms with van der Waals surface area (Å²) in [4.78, 5) is 18.9. The zero-order valence-corrected chi connectivity index (χ0v) is 16.1. The lowest BCUT2D eigenvalue weighted by atomic mass is 10.1. The number of likely N-dealkylation sites (N-methyl/N-ethyl adjacent to an activating group) is 1. The van der Waals surface area contributed by atoms with Crippen LogP contribution < -0.4 is 5.32 Å². The Kier molecular flexibility index (Phi) is 6.64. The van der Waals surface area contributed by atoms with Crippen LogP contribution in [0.15, 0.2) is 54.9 Å². The Morgan fingerprint density at radius 1 is 1.15 bits per heavy atom. The molecule has 1 amide bonds. The monoisotopic (exact) mass is 392 g/mol. The lowest BCUT2D eigenvalue weighted by Gasteiger charge is -2.23. The summed E-state index contributed by atoms with van der Waals surface area (Å²) in [6.07, 6.45) is 2.83. The Bertz CT molecular complexity index is 873. The van der Waals surface area contributed by atoms with Crippen molar-refractivity contribution in [2.45, 2.75) is 12.5 Å². The van der Waals surface area contributed by atoms with Crippen LogP contribution in [0.1, 0.15) is 16.8 Å². The molecule has 7 heteroatoms. The van der Waals surface area contributed by atoms with Gasteiger partial charge < -0.3 is 10.2 Å². The Morgan fingerprint density at radius 3 is 2.58 bits per heavy atom. The summed E-state index contributed by atoms with van der Waals surface area (Å²) in [5.41, 5.74) is 3.75. The Hall–Kier alpha value is -2.08. The van der Waals surface area contributed by atoms with Gasteiger partial charge in [0.2, 0.25) is 0 Å². The van der Waals surface area contributed by atoms with Gasteiger partial charge in [0.05, 0.1) is 11.0 Å². The summed E-state index contributed by atoms with van der Waals surface area (Å²) in [5, 5.41) is 3.30. The van der Waals surface area contributed by atoms with Crippen LogP contribution in [0.3, 0.4) is 0 Å². The molecule has 1 aliphatic rings. The van der Waals surface area contributed by atoms with Crippen molar-refractivity contribution < 1.29 is 4.79 Å². The van der Waals surface area contributed by atoms with Crippen LogP contribution in [-0.2, 0) is 0 Å². The Morgan fingerprint density at radius 2 is 1.88 bits per heavy atom. The largest absolute Gasteiger partial charge is 0.337 e. The first-order valence-corrected chi connectivity index (χ1v) is 8.24. The number of carbonyl (C=O) groups is 1. The predicted octanol–water partition coefficient (Wildman–Crippen LogP) is 3.30. The highest BCUT2D eigenvalue weighted by atomic mass is 35.5. The number of imidazole rings is 1. The summed E-state index contributed by atoms with van der Waals surface area (Å²) < 4.78 is 2.04. The number of hydrogen-bond acceptors (Lipinski definition) is 3. The van der Waals surface area contributed by atoms with Gasteiger partial charge in [-0.1, -0.05) is 12.1 Å². The van der Waals surface area contributed by atoms with E-state index in [1.54, 1.807) is 0 Å². The van der Waals surface area contributed by atoms with Crippen LogP contribution >= 0.6 is 24.8 Å². The number of benzene rings is 2. The summed E-state index contributed by atoms with van der Waals surface area (Å²) in [7, 11) is 1.89. The third kappa shape index (κ3) is 3.70. The van der Waals surface area contributed by atoms with Crippen molar-refractivity contribution in [1.82, 2.24) is 19.8 Å². The van der Waals surface area contributed by atoms with E-state index in [9.17, 15) is 4.79 Å². The van der Waals surface area contributed by atoms with E-state index < -0.39 is 0 Å². The third-order valence-electron chi connectivity index (χ3n) is 4.75. The second kappa shape index (κ2) is 8.54. The van der Waals surface area contributed by atoms with Crippen molar-refractivity contribution in [3.8, 4) is 5.69 Å². The highest BCUT2D eigenvalue weighted by molar-refractivity contribution is 5.94. The normalized spacial score (nSPS) is 16.0. The van der Waals surface area contributed by atoms with Gasteiger partial charge in [-0.05, 0) is 49.4 Å². The van der Waals surface area contributed by atoms with Gasteiger partial charge >= 0.3 is 0 Å². The van der Waals surface area contributed by atoms with Crippen LogP contribution in [0.5, 0.6) is 0 Å². The van der Waals surface area contributed by atoms with E-state index in [4.69, 9.17) is 0 Å². The fourth-order valence-electron chi connectivity index (χ4n) is 3.27. The van der Waals surface area contributed by atoms with Crippen molar-refractivity contribution in [2.75, 3.05) is 20.1 Å². The molecule has 0 bridgehead atoms. The molecule has 0 radical (unpaired) electrons. The fourth-order valence-corrected chi connectivity index (χ4v) is 3.27. The van der Waals surface area contributed by atoms with E-state index in [0.717, 1.165) is 41.8 Å². The lowest BCUT2D eigenvalue weighted by Crippen LogP contribution is -2.38. The van der Waals surface area contributed by atoms with Crippen LogP contribution in [0.25, 0.3) is 16.7 Å². The van der Waals surface area contributed by atoms with E-state index in [-0.39, 0.29) is 36.8 Å². The second-order valence-corrected chi connectivity index (χ2v) is 6.21. The van der Waals surface area contributed by atoms with Crippen LogP contribution in [0.2, 0.25) is 0 Å². The van der Waals surface area contributed by atoms with Crippen LogP contribution in [0.4, 0.5) is 0 Å². The lowest BCUT2D eigenvalue weighted by molar-refractivity contribution is 0.0744. The van der Waals surface area contributed by atoms with Gasteiger partial charge in [0, 0.05) is 30.9 Å². The molecule has 1 unspecified atom stereocenters. The Balaban J connectivity index is 0.00000121. The van der Waals surface area contributed by atoms with Gasteiger partial charge in [0.25, 0.3) is 5.91 Å². The van der Waals surface area contributed by atoms with E-state index in [2.05, 4.69) is 10.3 Å². The number of carbonyl (C=O) groups excluding carboxylic acids is 1. The average molecular weight is 393 g/mol. The number of amides is 1. The minimum absolute atomic E-state index is 0. The molecule has 0 saturated carbocycles. The number of halogens is 2. The first kappa shape index (κ1) is 20.2. The SMILES string of the molecule is CN(C(=O)c1ccc(-n2cnc3ccccc32)cc1)C1CCNC1.Cl.Cl. The molecule has 26 heavy (non-hydrogen) atoms. The number of hydrogen-bond donors (Lipinski definition) is 1. The van der Waals surface area contributed by atoms with Gasteiger partial charge in [-0.15, -0.1) is 24.8 Å². The van der Waals surface area contributed by atoms with Gasteiger partial charge in [0.15, 0.2) is 0 Å². The van der Waals surface area contributed by atoms with Crippen molar-refractivity contribution in [1.29, 1.82) is 0 Å². The Labute approximate surface area is 165 Å². The summed E-state index contributed by atoms with van der Waals surface area (Å²) in [6, 6.07) is 16.0. The molecule has 1 saturated heterocycles. The maximum atomic E-state index is 12.6. The van der Waals surface area contributed by atoms with E-state index in [1.807, 2.05) is 71.4 Å². The zero-order chi connectivity index (χ0) is 16.5. The van der Waals surface area contributed by atoms with Crippen LogP contribution in [0, 0.1) is 0 Å². The molecule has 0 spiro atoms. The molecule has 1 aliphatic heterocycles. The van der Waals surface area contributed by atoms with Gasteiger partial charge in [0.1, 0.15) is 6.33 Å². The first-order valence-electron chi connectivity index (χ1n) is 8.24. The smallest absolute Gasteiger partial charge is 0.253 e. The van der Waals surface area contributed by atoms with Crippen molar-refractivity contribution in [3.63, 3.8) is 0 Å². The minimum Gasteiger partial charge on any atom is -0.337 e. The second-order valence-electron chi connectivity index (χ2n) is 6.21. The van der Waals surface area contributed by atoms with Crippen molar-refractivity contribution in [3.05, 3.63) is 60.4 Å². The van der Waals surface area contributed by atoms with Crippen LogP contribution in [-0.4, -0.2) is 46.5 Å². The number of fused-ring (bicyclic) bond motifs is 1. The topological polar surface area (TPSA) is 50.2 Å². The molecule has 0 aliphatic carbocycles. The van der Waals surface area contributed by atoms with E-state index in [1.165, 1.54) is 0 Å². The number of nitrogens with zero attached hydrogens (tertiary/aromatic N) is 3. The predicted molar refractivity (Wildman–Crippen MR) is 109 cm³/mol. The molecule has 2 aromatic carbocycles. The molecule has 3 aromatic rings. The van der Waals surface area contributed by atoms with E-state index >= 15 is 0 Å². The zero-order valence-electron chi connectivity index (χ0n) is 14.5. The quantitative estimate of drug-likeness (QED) is 0.743. The average Bonchev–Trinajstić information content (AvgIpc) is 3.30. The molecule has 5 nitrogen and oxygen atoms in total. The molecule has 2 heterocycles. The molecule has 1 fully saturated rings. The van der Waals surface area contributed by atoms with E-state index in [0.29, 0.717) is 0 Å². The molecule has 1 aromatic heterocycles. The molecule has 1 atom stereocenters. The molecule has 1 N–H and O–H groups in total. The molecular formula is C19H22Cl2N4O. The summed E-state index contributed by atoms with van der Waals surface area (Å²) in [6.45, 7) is 1.86. The van der Waals surface area contributed by atoms with Crippen molar-refractivity contribution in [2.24, 2.45) is 0 Å². The number of para-hydroxylation sites is 2. The van der Waals surface area contributed by atoms with Gasteiger partial charge in [-0.2, -0.15) is 0 Å². The highest BCUT2D eigenvalue weighted by Crippen LogP contribution is 2.19. The molecule has 4 rings (SSSR count). The summed E-state index contributed by atoms with van der Waals surface area (Å²) >= 11 is 0. The molecular weight excluding hydrogens is 371 g/mol. The summed E-state index contributed by atoms with van der Waals surface area (Å²) in [5.74, 6) is 0.0748. The maximum Gasteiger partial charge on any atom is 0.253 e. The third-order valence-corrected chi connectivity index (χ3v) is 4.75. The standard InChI is InChI=1S/C19H20N4O.2ClH/c1-22(16-10-11-20-12-16)19(24)14-6-8-15(9-7-14)23-13-21-17-4-2-3-5-18(17)23;;/h2-9,13,16,20H,10-12H2,1H3;2*1H. The highest BCUT2D eigenvalue weighted by Gasteiger charge is 2.23. The number of rotatable bonds is 3. The first-order chi connectivity index (χ1) is 11.7. The van der Waals surface area contributed by atoms with Gasteiger partial charge in [-0.25, -0.2) is 4.98 Å². The fraction of sp³-hybridized carbons (Fsp3) is 0.263. The minimum atomic E-state index is 0. The van der Waals surface area contributed by atoms with Crippen molar-refractivity contribution >= 4 is 41.8 Å². The maximum absolute atomic E-state index is 12.6. The van der Waals surface area contributed by atoms with Gasteiger partial charge in [-0.3, -0.25) is 9.36 Å². The molecule has 138 valence electrons.